The van der Waals surface area contributed by atoms with Gasteiger partial charge in [-0.15, -0.1) is 0 Å². The van der Waals surface area contributed by atoms with Gasteiger partial charge in [-0.2, -0.15) is 0 Å². The molecule has 2 aromatic rings. The van der Waals surface area contributed by atoms with Crippen molar-refractivity contribution in [3.63, 3.8) is 0 Å². The molecule has 3 heteroatoms. The van der Waals surface area contributed by atoms with Gasteiger partial charge in [0.2, 0.25) is 0 Å². The summed E-state index contributed by atoms with van der Waals surface area (Å²) >= 11 is 0. The largest absolute Gasteiger partial charge is 0.398 e. The number of nitrogens with two attached hydrogens (primary N) is 2. The highest BCUT2D eigenvalue weighted by molar-refractivity contribution is 6.06. The predicted molar refractivity (Wildman–Crippen MR) is 56.9 cm³/mol. The normalized spacial score (nSPS) is 10.3. The minimum Gasteiger partial charge on any atom is -0.398 e. The van der Waals surface area contributed by atoms with Crippen molar-refractivity contribution in [2.45, 2.75) is 0 Å². The number of hydrogen-bond acceptors (Lipinski definition) is 2. The Balaban J connectivity index is 2.81. The van der Waals surface area contributed by atoms with Gasteiger partial charge in [-0.3, -0.25) is 4.79 Å². The lowest BCUT2D eigenvalue weighted by Gasteiger charge is -2.05. The van der Waals surface area contributed by atoms with Gasteiger partial charge in [-0.05, 0) is 11.5 Å². The van der Waals surface area contributed by atoms with Gasteiger partial charge >= 0.3 is 0 Å². The molecule has 0 radical (unpaired) electrons. The summed E-state index contributed by atoms with van der Waals surface area (Å²) in [5, 5.41) is 1.87. The molecular formula is C11H10N2O. The molecule has 0 aliphatic heterocycles. The van der Waals surface area contributed by atoms with Crippen LogP contribution in [0.25, 0.3) is 10.8 Å². The summed E-state index contributed by atoms with van der Waals surface area (Å²) in [7, 11) is 0. The number of carbonyl (C=O) groups is 1. The Morgan fingerprint density at radius 3 is 2.50 bits per heavy atom. The summed E-state index contributed by atoms with van der Waals surface area (Å²) in [6.45, 7) is 0. The molecule has 0 aliphatic rings. The lowest BCUT2D eigenvalue weighted by Crippen LogP contribution is -2.13. The summed E-state index contributed by atoms with van der Waals surface area (Å²) in [5.74, 6) is -0.492. The molecule has 3 nitrogen and oxygen atoms in total. The highest BCUT2D eigenvalue weighted by atomic mass is 16.1. The summed E-state index contributed by atoms with van der Waals surface area (Å²) in [6, 6.07) is 11.1. The smallest absolute Gasteiger partial charge is 0.250 e. The topological polar surface area (TPSA) is 69.1 Å². The summed E-state index contributed by atoms with van der Waals surface area (Å²) in [6.07, 6.45) is 0. The predicted octanol–water partition coefficient (Wildman–Crippen LogP) is 1.52. The lowest BCUT2D eigenvalue weighted by atomic mass is 10.0. The fraction of sp³-hybridized carbons (Fsp3) is 0. The van der Waals surface area contributed by atoms with Crippen molar-refractivity contribution in [3.8, 4) is 0 Å². The molecule has 0 spiro atoms. The van der Waals surface area contributed by atoms with Crippen molar-refractivity contribution < 1.29 is 4.79 Å². The Morgan fingerprint density at radius 1 is 1.07 bits per heavy atom. The van der Waals surface area contributed by atoms with Crippen LogP contribution in [-0.2, 0) is 0 Å². The van der Waals surface area contributed by atoms with E-state index >= 15 is 0 Å². The molecule has 0 aromatic heterocycles. The number of hydrogen-bond donors (Lipinski definition) is 2. The third kappa shape index (κ3) is 1.19. The quantitative estimate of drug-likeness (QED) is 0.663. The minimum atomic E-state index is -0.492. The van der Waals surface area contributed by atoms with Crippen molar-refractivity contribution in [3.05, 3.63) is 42.0 Å². The van der Waals surface area contributed by atoms with E-state index in [0.29, 0.717) is 11.3 Å². The molecule has 0 atom stereocenters. The number of fused-ring (bicyclic) bond motifs is 1. The van der Waals surface area contributed by atoms with Crippen molar-refractivity contribution in [2.75, 3.05) is 5.73 Å². The van der Waals surface area contributed by atoms with E-state index in [4.69, 9.17) is 11.5 Å². The average Bonchev–Trinajstić information content (AvgIpc) is 2.18. The van der Waals surface area contributed by atoms with Gasteiger partial charge in [0.05, 0.1) is 11.3 Å². The molecule has 0 heterocycles. The maximum absolute atomic E-state index is 11.0. The molecule has 0 bridgehead atoms. The van der Waals surface area contributed by atoms with E-state index in [-0.39, 0.29) is 0 Å². The maximum atomic E-state index is 11.0. The van der Waals surface area contributed by atoms with Gasteiger partial charge in [0.25, 0.3) is 5.91 Å². The molecule has 0 fully saturated rings. The highest BCUT2D eigenvalue weighted by Gasteiger charge is 2.07. The minimum absolute atomic E-state index is 0.378. The monoisotopic (exact) mass is 186 g/mol. The van der Waals surface area contributed by atoms with Crippen LogP contribution in [0, 0.1) is 0 Å². The molecule has 0 saturated carbocycles. The zero-order valence-corrected chi connectivity index (χ0v) is 7.53. The second kappa shape index (κ2) is 3.03. The van der Waals surface area contributed by atoms with Crippen LogP contribution in [0.15, 0.2) is 36.4 Å². The van der Waals surface area contributed by atoms with Crippen molar-refractivity contribution in [1.29, 1.82) is 0 Å². The molecule has 14 heavy (non-hydrogen) atoms. The molecule has 70 valence electrons. The first-order valence-electron chi connectivity index (χ1n) is 4.27. The number of nitrogen functional groups attached to an aromatic ring is 1. The van der Waals surface area contributed by atoms with E-state index < -0.39 is 5.91 Å². The van der Waals surface area contributed by atoms with Gasteiger partial charge in [0.15, 0.2) is 0 Å². The van der Waals surface area contributed by atoms with Crippen LogP contribution in [0.3, 0.4) is 0 Å². The zero-order valence-electron chi connectivity index (χ0n) is 7.53. The van der Waals surface area contributed by atoms with E-state index in [1.54, 1.807) is 6.07 Å². The number of rotatable bonds is 1. The standard InChI is InChI=1S/C11H10N2O/c12-10-8-4-2-1-3-7(8)5-6-9(10)11(13)14/h1-6H,12H2,(H2,13,14). The molecule has 0 saturated heterocycles. The van der Waals surface area contributed by atoms with E-state index in [2.05, 4.69) is 0 Å². The molecule has 0 aliphatic carbocycles. The van der Waals surface area contributed by atoms with Gasteiger partial charge in [-0.1, -0.05) is 30.3 Å². The summed E-state index contributed by atoms with van der Waals surface area (Å²) in [5.41, 5.74) is 11.8. The lowest BCUT2D eigenvalue weighted by molar-refractivity contribution is 0.100. The molecule has 1 amide bonds. The van der Waals surface area contributed by atoms with Gasteiger partial charge in [0.1, 0.15) is 0 Å². The number of carbonyl (C=O) groups excluding carboxylic acids is 1. The van der Waals surface area contributed by atoms with Crippen LogP contribution in [0.2, 0.25) is 0 Å². The number of primary amides is 1. The average molecular weight is 186 g/mol. The van der Waals surface area contributed by atoms with Crippen molar-refractivity contribution in [1.82, 2.24) is 0 Å². The van der Waals surface area contributed by atoms with E-state index in [1.165, 1.54) is 0 Å². The fourth-order valence-corrected chi connectivity index (χ4v) is 1.51. The van der Waals surface area contributed by atoms with Crippen LogP contribution in [0.4, 0.5) is 5.69 Å². The second-order valence-electron chi connectivity index (χ2n) is 3.11. The Morgan fingerprint density at radius 2 is 1.79 bits per heavy atom. The third-order valence-electron chi connectivity index (χ3n) is 2.24. The van der Waals surface area contributed by atoms with Crippen molar-refractivity contribution in [2.24, 2.45) is 5.73 Å². The van der Waals surface area contributed by atoms with E-state index in [1.807, 2.05) is 30.3 Å². The van der Waals surface area contributed by atoms with Crippen LogP contribution in [0.1, 0.15) is 10.4 Å². The van der Waals surface area contributed by atoms with Crippen LogP contribution in [0.5, 0.6) is 0 Å². The number of benzene rings is 2. The Bertz CT molecular complexity index is 506. The first-order chi connectivity index (χ1) is 6.70. The first kappa shape index (κ1) is 8.56. The maximum Gasteiger partial charge on any atom is 0.250 e. The van der Waals surface area contributed by atoms with E-state index in [9.17, 15) is 4.79 Å². The molecule has 4 N–H and O–H groups in total. The number of amides is 1. The van der Waals surface area contributed by atoms with Crippen LogP contribution in [-0.4, -0.2) is 5.91 Å². The van der Waals surface area contributed by atoms with Gasteiger partial charge in [0, 0.05) is 5.39 Å². The van der Waals surface area contributed by atoms with Gasteiger partial charge in [-0.25, -0.2) is 0 Å². The first-order valence-corrected chi connectivity index (χ1v) is 4.27. The van der Waals surface area contributed by atoms with Crippen LogP contribution >= 0.6 is 0 Å². The third-order valence-corrected chi connectivity index (χ3v) is 2.24. The summed E-state index contributed by atoms with van der Waals surface area (Å²) < 4.78 is 0. The highest BCUT2D eigenvalue weighted by Crippen LogP contribution is 2.24. The SMILES string of the molecule is NC(=O)c1ccc2ccccc2c1N. The Kier molecular flexibility index (Phi) is 1.85. The zero-order chi connectivity index (χ0) is 10.1. The van der Waals surface area contributed by atoms with Gasteiger partial charge < -0.3 is 11.5 Å². The summed E-state index contributed by atoms with van der Waals surface area (Å²) in [4.78, 5) is 11.0. The number of anilines is 1. The molecule has 0 unspecified atom stereocenters. The van der Waals surface area contributed by atoms with E-state index in [0.717, 1.165) is 10.8 Å². The molecule has 2 aromatic carbocycles. The Labute approximate surface area is 81.3 Å². The molecular weight excluding hydrogens is 176 g/mol. The molecule has 2 rings (SSSR count). The Hall–Kier alpha value is -2.03. The second-order valence-corrected chi connectivity index (χ2v) is 3.11. The van der Waals surface area contributed by atoms with Crippen molar-refractivity contribution >= 4 is 22.4 Å². The fourth-order valence-electron chi connectivity index (χ4n) is 1.51. The van der Waals surface area contributed by atoms with Crippen LogP contribution < -0.4 is 11.5 Å².